The lowest BCUT2D eigenvalue weighted by Crippen LogP contribution is -2.35. The summed E-state index contributed by atoms with van der Waals surface area (Å²) in [5, 5.41) is 3.00. The number of carbonyl (C=O) groups excluding carboxylic acids is 2. The minimum Gasteiger partial charge on any atom is -0.373 e. The van der Waals surface area contributed by atoms with Gasteiger partial charge in [-0.05, 0) is 55.3 Å². The molecular formula is C18H17FN2O2. The van der Waals surface area contributed by atoms with Gasteiger partial charge in [-0.1, -0.05) is 12.1 Å². The molecule has 2 aromatic rings. The Labute approximate surface area is 133 Å². The molecule has 0 spiro atoms. The lowest BCUT2D eigenvalue weighted by Gasteiger charge is -2.19. The van der Waals surface area contributed by atoms with E-state index in [0.717, 1.165) is 11.1 Å². The Morgan fingerprint density at radius 1 is 1.09 bits per heavy atom. The molecular weight excluding hydrogens is 295 g/mol. The topological polar surface area (TPSA) is 49.4 Å². The van der Waals surface area contributed by atoms with Gasteiger partial charge in [-0.2, -0.15) is 0 Å². The molecule has 3 rings (SSSR count). The number of aryl methyl sites for hydroxylation is 1. The van der Waals surface area contributed by atoms with Gasteiger partial charge in [0.15, 0.2) is 0 Å². The maximum Gasteiger partial charge on any atom is 0.256 e. The van der Waals surface area contributed by atoms with Crippen LogP contribution in [0.5, 0.6) is 0 Å². The molecule has 0 unspecified atom stereocenters. The average molecular weight is 312 g/mol. The number of benzene rings is 2. The van der Waals surface area contributed by atoms with Gasteiger partial charge in [0.25, 0.3) is 5.91 Å². The molecule has 5 heteroatoms. The minimum absolute atomic E-state index is 0.0869. The van der Waals surface area contributed by atoms with Crippen molar-refractivity contribution in [3.05, 3.63) is 59.4 Å². The molecule has 0 radical (unpaired) electrons. The van der Waals surface area contributed by atoms with E-state index >= 15 is 0 Å². The smallest absolute Gasteiger partial charge is 0.256 e. The summed E-state index contributed by atoms with van der Waals surface area (Å²) in [6, 6.07) is 10.6. The van der Waals surface area contributed by atoms with Crippen LogP contribution < -0.4 is 10.2 Å². The largest absolute Gasteiger partial charge is 0.373 e. The zero-order chi connectivity index (χ0) is 16.6. The van der Waals surface area contributed by atoms with E-state index in [4.69, 9.17) is 0 Å². The normalized spacial score (nSPS) is 17.7. The number of anilines is 2. The monoisotopic (exact) mass is 312 g/mol. The molecule has 0 aromatic heterocycles. The van der Waals surface area contributed by atoms with E-state index in [2.05, 4.69) is 5.32 Å². The van der Waals surface area contributed by atoms with Gasteiger partial charge in [-0.3, -0.25) is 9.59 Å². The number of amides is 2. The van der Waals surface area contributed by atoms with Crippen molar-refractivity contribution in [3.63, 3.8) is 0 Å². The number of hydrogen-bond donors (Lipinski definition) is 1. The number of rotatable bonds is 3. The van der Waals surface area contributed by atoms with Crippen LogP contribution >= 0.6 is 0 Å². The first-order valence-corrected chi connectivity index (χ1v) is 7.42. The summed E-state index contributed by atoms with van der Waals surface area (Å²) in [5.41, 5.74) is 3.18. The van der Waals surface area contributed by atoms with Gasteiger partial charge in [-0.25, -0.2) is 9.29 Å². The molecule has 2 aromatic carbocycles. The molecule has 1 fully saturated rings. The second kappa shape index (κ2) is 5.83. The third kappa shape index (κ3) is 2.82. The Kier molecular flexibility index (Phi) is 3.86. The lowest BCUT2D eigenvalue weighted by atomic mass is 10.1. The molecule has 0 bridgehead atoms. The number of carbonyl (C=O) groups is 2. The third-order valence-electron chi connectivity index (χ3n) is 4.15. The van der Waals surface area contributed by atoms with Crippen molar-refractivity contribution in [2.45, 2.75) is 26.3 Å². The fourth-order valence-electron chi connectivity index (χ4n) is 2.72. The van der Waals surface area contributed by atoms with Gasteiger partial charge < -0.3 is 5.32 Å². The Balaban J connectivity index is 1.85. The maximum atomic E-state index is 12.9. The zero-order valence-corrected chi connectivity index (χ0v) is 13.0. The lowest BCUT2D eigenvalue weighted by molar-refractivity contribution is -0.121. The second-order valence-corrected chi connectivity index (χ2v) is 5.69. The molecule has 4 nitrogen and oxygen atoms in total. The van der Waals surface area contributed by atoms with Crippen LogP contribution in [0.4, 0.5) is 15.8 Å². The van der Waals surface area contributed by atoms with Crippen LogP contribution in [-0.4, -0.2) is 17.9 Å². The summed E-state index contributed by atoms with van der Waals surface area (Å²) in [6.07, 6.45) is 0.0869. The predicted molar refractivity (Wildman–Crippen MR) is 86.8 cm³/mol. The highest BCUT2D eigenvalue weighted by Crippen LogP contribution is 2.29. The van der Waals surface area contributed by atoms with E-state index in [0.29, 0.717) is 11.4 Å². The van der Waals surface area contributed by atoms with Gasteiger partial charge in [0.05, 0.1) is 12.1 Å². The third-order valence-corrected chi connectivity index (χ3v) is 4.15. The molecule has 0 saturated carbocycles. The molecule has 1 saturated heterocycles. The van der Waals surface area contributed by atoms with Gasteiger partial charge in [0.1, 0.15) is 11.9 Å². The van der Waals surface area contributed by atoms with Gasteiger partial charge >= 0.3 is 0 Å². The first-order valence-electron chi connectivity index (χ1n) is 7.42. The second-order valence-electron chi connectivity index (χ2n) is 5.69. The predicted octanol–water partition coefficient (Wildman–Crippen LogP) is 3.19. The fraction of sp³-hybridized carbons (Fsp3) is 0.222. The van der Waals surface area contributed by atoms with Crippen LogP contribution in [0.15, 0.2) is 42.5 Å². The average Bonchev–Trinajstić information content (AvgIpc) is 2.79. The maximum absolute atomic E-state index is 12.9. The Hall–Kier alpha value is -2.69. The summed E-state index contributed by atoms with van der Waals surface area (Å²) in [6.45, 7) is 3.84. The van der Waals surface area contributed by atoms with Gasteiger partial charge in [0, 0.05) is 5.69 Å². The van der Waals surface area contributed by atoms with E-state index in [-0.39, 0.29) is 24.1 Å². The van der Waals surface area contributed by atoms with Crippen molar-refractivity contribution in [3.8, 4) is 0 Å². The quantitative estimate of drug-likeness (QED) is 0.886. The van der Waals surface area contributed by atoms with Crippen LogP contribution in [0.2, 0.25) is 0 Å². The highest BCUT2D eigenvalue weighted by molar-refractivity contribution is 6.23. The summed E-state index contributed by atoms with van der Waals surface area (Å²) in [5.74, 6) is -0.863. The molecule has 0 aliphatic carbocycles. The minimum atomic E-state index is -0.632. The SMILES string of the molecule is Cc1cccc(N2C(=O)C[C@H](Nc3ccc(F)cc3)C2=O)c1C. The number of imide groups is 1. The number of hydrogen-bond acceptors (Lipinski definition) is 3. The van der Waals surface area contributed by atoms with E-state index < -0.39 is 6.04 Å². The number of halogens is 1. The molecule has 118 valence electrons. The summed E-state index contributed by atoms with van der Waals surface area (Å²) >= 11 is 0. The van der Waals surface area contributed by atoms with Crippen LogP contribution in [0, 0.1) is 19.7 Å². The van der Waals surface area contributed by atoms with Crippen molar-refractivity contribution >= 4 is 23.2 Å². The highest BCUT2D eigenvalue weighted by Gasteiger charge is 2.40. The standard InChI is InChI=1S/C18H17FN2O2/c1-11-4-3-5-16(12(11)2)21-17(22)10-15(18(21)23)20-14-8-6-13(19)7-9-14/h3-9,15,20H,10H2,1-2H3/t15-/m0/s1. The molecule has 1 atom stereocenters. The van der Waals surface area contributed by atoms with E-state index in [9.17, 15) is 14.0 Å². The number of nitrogens with zero attached hydrogens (tertiary/aromatic N) is 1. The molecule has 1 aliphatic heterocycles. The first-order chi connectivity index (χ1) is 11.0. The summed E-state index contributed by atoms with van der Waals surface area (Å²) in [7, 11) is 0. The van der Waals surface area contributed by atoms with Crippen molar-refractivity contribution < 1.29 is 14.0 Å². The molecule has 1 aliphatic rings. The summed E-state index contributed by atoms with van der Waals surface area (Å²) < 4.78 is 12.9. The van der Waals surface area contributed by atoms with Crippen molar-refractivity contribution in [1.29, 1.82) is 0 Å². The van der Waals surface area contributed by atoms with Gasteiger partial charge in [0.2, 0.25) is 5.91 Å². The van der Waals surface area contributed by atoms with E-state index in [1.54, 1.807) is 18.2 Å². The zero-order valence-electron chi connectivity index (χ0n) is 13.0. The summed E-state index contributed by atoms with van der Waals surface area (Å²) in [4.78, 5) is 26.2. The van der Waals surface area contributed by atoms with Crippen LogP contribution in [0.25, 0.3) is 0 Å². The molecule has 1 heterocycles. The van der Waals surface area contributed by atoms with Crippen LogP contribution in [0.3, 0.4) is 0 Å². The number of nitrogens with one attached hydrogen (secondary N) is 1. The fourth-order valence-corrected chi connectivity index (χ4v) is 2.72. The highest BCUT2D eigenvalue weighted by atomic mass is 19.1. The molecule has 23 heavy (non-hydrogen) atoms. The Morgan fingerprint density at radius 3 is 2.48 bits per heavy atom. The van der Waals surface area contributed by atoms with Crippen LogP contribution in [0.1, 0.15) is 17.5 Å². The molecule has 1 N–H and O–H groups in total. The van der Waals surface area contributed by atoms with Crippen molar-refractivity contribution in [2.75, 3.05) is 10.2 Å². The van der Waals surface area contributed by atoms with Gasteiger partial charge in [-0.15, -0.1) is 0 Å². The van der Waals surface area contributed by atoms with Crippen molar-refractivity contribution in [2.24, 2.45) is 0 Å². The molecule has 2 amide bonds. The van der Waals surface area contributed by atoms with E-state index in [1.807, 2.05) is 26.0 Å². The Morgan fingerprint density at radius 2 is 1.78 bits per heavy atom. The van der Waals surface area contributed by atoms with Crippen LogP contribution in [-0.2, 0) is 9.59 Å². The Bertz CT molecular complexity index is 771. The van der Waals surface area contributed by atoms with Crippen molar-refractivity contribution in [1.82, 2.24) is 0 Å². The first kappa shape index (κ1) is 15.2. The van der Waals surface area contributed by atoms with E-state index in [1.165, 1.54) is 17.0 Å².